The molecule has 0 saturated heterocycles. The molecule has 0 saturated carbocycles. The van der Waals surface area contributed by atoms with Crippen LogP contribution in [0.5, 0.6) is 0 Å². The summed E-state index contributed by atoms with van der Waals surface area (Å²) < 4.78 is 2.69. The number of hydrogen-bond donors (Lipinski definition) is 2. The summed E-state index contributed by atoms with van der Waals surface area (Å²) in [6, 6.07) is 0. The van der Waals surface area contributed by atoms with Crippen LogP contribution in [0.25, 0.3) is 0 Å². The van der Waals surface area contributed by atoms with Crippen molar-refractivity contribution in [2.45, 2.75) is 25.5 Å². The van der Waals surface area contributed by atoms with Crippen LogP contribution in [0.2, 0.25) is 0 Å². The number of hydrogen-bond acceptors (Lipinski definition) is 5. The molecule has 1 N–H and O–H groups in total. The molecule has 0 amide bonds. The Hall–Kier alpha value is -0.0000000000000000555. The SMILES string of the molecule is CC(=O)CC(SCCNS)C(C)=O. The maximum atomic E-state index is 11.1. The van der Waals surface area contributed by atoms with Gasteiger partial charge in [-0.1, -0.05) is 12.8 Å². The average molecular weight is 221 g/mol. The molecular weight excluding hydrogens is 206 g/mol. The van der Waals surface area contributed by atoms with Gasteiger partial charge in [0.25, 0.3) is 0 Å². The van der Waals surface area contributed by atoms with Crippen molar-refractivity contribution >= 4 is 36.1 Å². The van der Waals surface area contributed by atoms with Crippen molar-refractivity contribution in [1.82, 2.24) is 4.72 Å². The number of nitrogens with one attached hydrogen (secondary N) is 1. The molecule has 0 aromatic rings. The van der Waals surface area contributed by atoms with E-state index < -0.39 is 0 Å². The Bertz CT molecular complexity index is 185. The monoisotopic (exact) mass is 221 g/mol. The molecular formula is C8H15NO2S2. The third kappa shape index (κ3) is 7.10. The van der Waals surface area contributed by atoms with Gasteiger partial charge in [0.05, 0.1) is 5.25 Å². The van der Waals surface area contributed by atoms with Gasteiger partial charge in [0, 0.05) is 18.7 Å². The van der Waals surface area contributed by atoms with E-state index in [0.717, 1.165) is 12.3 Å². The molecule has 3 nitrogen and oxygen atoms in total. The molecule has 0 spiro atoms. The number of ketones is 2. The molecule has 0 rings (SSSR count). The molecule has 0 aromatic heterocycles. The van der Waals surface area contributed by atoms with Crippen molar-refractivity contribution in [3.8, 4) is 0 Å². The second-order valence-corrected chi connectivity index (χ2v) is 4.41. The number of thioether (sulfide) groups is 1. The lowest BCUT2D eigenvalue weighted by Crippen LogP contribution is -2.19. The zero-order valence-corrected chi connectivity index (χ0v) is 9.58. The third-order valence-electron chi connectivity index (χ3n) is 1.46. The van der Waals surface area contributed by atoms with Gasteiger partial charge < -0.3 is 0 Å². The molecule has 0 fully saturated rings. The van der Waals surface area contributed by atoms with E-state index in [0.29, 0.717) is 6.42 Å². The topological polar surface area (TPSA) is 46.2 Å². The van der Waals surface area contributed by atoms with E-state index >= 15 is 0 Å². The lowest BCUT2D eigenvalue weighted by Gasteiger charge is -2.10. The van der Waals surface area contributed by atoms with E-state index in [4.69, 9.17) is 0 Å². The first kappa shape index (κ1) is 13.0. The first-order chi connectivity index (χ1) is 6.07. The van der Waals surface area contributed by atoms with Crippen LogP contribution < -0.4 is 4.72 Å². The molecule has 0 aliphatic carbocycles. The summed E-state index contributed by atoms with van der Waals surface area (Å²) in [5.74, 6) is 0.923. The summed E-state index contributed by atoms with van der Waals surface area (Å²) >= 11 is 5.33. The number of rotatable bonds is 7. The Labute approximate surface area is 88.6 Å². The zero-order valence-electron chi connectivity index (χ0n) is 7.87. The van der Waals surface area contributed by atoms with E-state index in [1.807, 2.05) is 0 Å². The predicted molar refractivity (Wildman–Crippen MR) is 59.2 cm³/mol. The van der Waals surface area contributed by atoms with Gasteiger partial charge in [-0.25, -0.2) is 0 Å². The zero-order chi connectivity index (χ0) is 10.3. The number of thiol groups is 1. The molecule has 13 heavy (non-hydrogen) atoms. The fraction of sp³-hybridized carbons (Fsp3) is 0.750. The molecule has 0 radical (unpaired) electrons. The summed E-state index contributed by atoms with van der Waals surface area (Å²) in [7, 11) is 0. The van der Waals surface area contributed by atoms with Crippen LogP contribution in [0, 0.1) is 0 Å². The second-order valence-electron chi connectivity index (χ2n) is 2.78. The predicted octanol–water partition coefficient (Wildman–Crippen LogP) is 1.09. The number of Topliss-reactive ketones (excluding diaryl/α,β-unsaturated/α-hetero) is 2. The van der Waals surface area contributed by atoms with Crippen LogP contribution in [0.15, 0.2) is 0 Å². The lowest BCUT2D eigenvalue weighted by atomic mass is 10.2. The maximum absolute atomic E-state index is 11.1. The molecule has 76 valence electrons. The molecule has 1 unspecified atom stereocenters. The van der Waals surface area contributed by atoms with E-state index in [9.17, 15) is 9.59 Å². The van der Waals surface area contributed by atoms with Gasteiger partial charge in [-0.05, 0) is 13.8 Å². The van der Waals surface area contributed by atoms with Crippen molar-refractivity contribution in [2.75, 3.05) is 12.3 Å². The van der Waals surface area contributed by atoms with Crippen molar-refractivity contribution in [1.29, 1.82) is 0 Å². The van der Waals surface area contributed by atoms with Gasteiger partial charge >= 0.3 is 0 Å². The van der Waals surface area contributed by atoms with Crippen LogP contribution in [0.4, 0.5) is 0 Å². The molecule has 1 atom stereocenters. The van der Waals surface area contributed by atoms with Gasteiger partial charge in [0.15, 0.2) is 0 Å². The first-order valence-electron chi connectivity index (χ1n) is 4.06. The standard InChI is InChI=1S/C8H15NO2S2/c1-6(10)5-8(7(2)11)13-4-3-9-12/h8-9,12H,3-5H2,1-2H3. The van der Waals surface area contributed by atoms with Crippen LogP contribution in [-0.4, -0.2) is 29.1 Å². The van der Waals surface area contributed by atoms with Gasteiger partial charge in [0.1, 0.15) is 11.6 Å². The lowest BCUT2D eigenvalue weighted by molar-refractivity contribution is -0.121. The van der Waals surface area contributed by atoms with Crippen molar-refractivity contribution < 1.29 is 9.59 Å². The highest BCUT2D eigenvalue weighted by Crippen LogP contribution is 2.15. The van der Waals surface area contributed by atoms with E-state index in [1.165, 1.54) is 25.6 Å². The Kier molecular flexibility index (Phi) is 7.41. The highest BCUT2D eigenvalue weighted by molar-refractivity contribution is 8.00. The van der Waals surface area contributed by atoms with Gasteiger partial charge in [-0.15, -0.1) is 11.8 Å². The van der Waals surface area contributed by atoms with Crippen molar-refractivity contribution in [3.63, 3.8) is 0 Å². The molecule has 0 aliphatic heterocycles. The van der Waals surface area contributed by atoms with E-state index in [1.54, 1.807) is 0 Å². The van der Waals surface area contributed by atoms with Crippen LogP contribution in [-0.2, 0) is 9.59 Å². The Morgan fingerprint density at radius 3 is 2.46 bits per heavy atom. The summed E-state index contributed by atoms with van der Waals surface area (Å²) in [5, 5.41) is -0.181. The number of carbonyl (C=O) groups is 2. The first-order valence-corrected chi connectivity index (χ1v) is 5.56. The minimum Gasteiger partial charge on any atom is -0.300 e. The van der Waals surface area contributed by atoms with Crippen LogP contribution in [0.1, 0.15) is 20.3 Å². The van der Waals surface area contributed by atoms with E-state index in [2.05, 4.69) is 17.5 Å². The molecule has 5 heteroatoms. The second kappa shape index (κ2) is 7.41. The fourth-order valence-corrected chi connectivity index (χ4v) is 2.18. The van der Waals surface area contributed by atoms with Gasteiger partial charge in [0.2, 0.25) is 0 Å². The summed E-state index contributed by atoms with van der Waals surface area (Å²) in [6.07, 6.45) is 0.340. The highest BCUT2D eigenvalue weighted by atomic mass is 32.2. The minimum atomic E-state index is -0.181. The molecule has 0 heterocycles. The fourth-order valence-electron chi connectivity index (χ4n) is 0.828. The molecule has 0 aliphatic rings. The maximum Gasteiger partial charge on any atom is 0.143 e. The quantitative estimate of drug-likeness (QED) is 0.499. The van der Waals surface area contributed by atoms with Crippen LogP contribution in [0.3, 0.4) is 0 Å². The summed E-state index contributed by atoms with van der Waals surface area (Å²) in [6.45, 7) is 3.76. The normalized spacial score (nSPS) is 12.5. The van der Waals surface area contributed by atoms with Gasteiger partial charge in [-0.2, -0.15) is 0 Å². The Morgan fingerprint density at radius 2 is 2.08 bits per heavy atom. The number of carbonyl (C=O) groups excluding carboxylic acids is 2. The van der Waals surface area contributed by atoms with Crippen molar-refractivity contribution in [3.05, 3.63) is 0 Å². The van der Waals surface area contributed by atoms with Crippen LogP contribution >= 0.6 is 24.6 Å². The third-order valence-corrected chi connectivity index (χ3v) is 3.02. The van der Waals surface area contributed by atoms with E-state index in [-0.39, 0.29) is 16.8 Å². The molecule has 0 bridgehead atoms. The van der Waals surface area contributed by atoms with Gasteiger partial charge in [-0.3, -0.25) is 14.3 Å². The van der Waals surface area contributed by atoms with Crippen molar-refractivity contribution in [2.24, 2.45) is 0 Å². The molecule has 0 aromatic carbocycles. The largest absolute Gasteiger partial charge is 0.300 e. The summed E-state index contributed by atoms with van der Waals surface area (Å²) in [4.78, 5) is 21.9. The average Bonchev–Trinajstić information content (AvgIpc) is 2.02. The highest BCUT2D eigenvalue weighted by Gasteiger charge is 2.15. The Balaban J connectivity index is 3.81. The summed E-state index contributed by atoms with van der Waals surface area (Å²) in [5.41, 5.74) is 0. The smallest absolute Gasteiger partial charge is 0.143 e. The minimum absolute atomic E-state index is 0.0616. The Morgan fingerprint density at radius 1 is 1.46 bits per heavy atom.